The van der Waals surface area contributed by atoms with Gasteiger partial charge in [-0.15, -0.1) is 0 Å². The van der Waals surface area contributed by atoms with Crippen molar-refractivity contribution in [3.05, 3.63) is 34.5 Å². The van der Waals surface area contributed by atoms with E-state index in [-0.39, 0.29) is 5.76 Å². The Bertz CT molecular complexity index is 692. The van der Waals surface area contributed by atoms with Gasteiger partial charge in [-0.1, -0.05) is 23.7 Å². The zero-order valence-electron chi connectivity index (χ0n) is 11.3. The molecule has 0 aliphatic rings. The average Bonchev–Trinajstić information content (AvgIpc) is 2.75. The van der Waals surface area contributed by atoms with Crippen molar-refractivity contribution >= 4 is 34.4 Å². The Morgan fingerprint density at radius 3 is 2.60 bits per heavy atom. The smallest absolute Gasteiger partial charge is 0.326 e. The van der Waals surface area contributed by atoms with E-state index < -0.39 is 17.9 Å². The van der Waals surface area contributed by atoms with E-state index in [0.29, 0.717) is 16.2 Å². The van der Waals surface area contributed by atoms with Gasteiger partial charge in [-0.25, -0.2) is 4.79 Å². The molecule has 0 saturated carbocycles. The van der Waals surface area contributed by atoms with Crippen LogP contribution in [0.3, 0.4) is 0 Å². The van der Waals surface area contributed by atoms with Gasteiger partial charge >= 0.3 is 5.97 Å². The molecule has 1 aromatic heterocycles. The number of fused-ring (bicyclic) bond motifs is 1. The molecule has 20 heavy (non-hydrogen) atoms. The SMILES string of the molecule is Cc1c(C(=O)N(C)C(C)C(=O)O)oc2c(Cl)cccc12. The van der Waals surface area contributed by atoms with Gasteiger partial charge in [0.15, 0.2) is 11.3 Å². The second kappa shape index (κ2) is 5.17. The standard InChI is InChI=1S/C14H14ClNO4/c1-7-9-5-4-6-10(15)12(9)20-11(7)13(17)16(3)8(2)14(18)19/h4-6,8H,1-3H3,(H,18,19). The molecule has 0 fully saturated rings. The fourth-order valence-corrected chi connectivity index (χ4v) is 2.13. The van der Waals surface area contributed by atoms with E-state index in [9.17, 15) is 9.59 Å². The van der Waals surface area contributed by atoms with Crippen LogP contribution in [-0.4, -0.2) is 35.0 Å². The predicted molar refractivity (Wildman–Crippen MR) is 75.2 cm³/mol. The maximum atomic E-state index is 12.3. The lowest BCUT2D eigenvalue weighted by atomic mass is 10.1. The number of hydrogen-bond donors (Lipinski definition) is 1. The number of carbonyl (C=O) groups is 2. The predicted octanol–water partition coefficient (Wildman–Crippen LogP) is 2.94. The van der Waals surface area contributed by atoms with Crippen LogP contribution in [0.4, 0.5) is 0 Å². The van der Waals surface area contributed by atoms with Crippen molar-refractivity contribution in [2.24, 2.45) is 0 Å². The molecule has 0 bridgehead atoms. The molecule has 2 aromatic rings. The number of halogens is 1. The number of para-hydroxylation sites is 1. The van der Waals surface area contributed by atoms with Crippen molar-refractivity contribution in [3.8, 4) is 0 Å². The lowest BCUT2D eigenvalue weighted by Gasteiger charge is -2.20. The van der Waals surface area contributed by atoms with Crippen LogP contribution < -0.4 is 0 Å². The monoisotopic (exact) mass is 295 g/mol. The molecule has 0 spiro atoms. The lowest BCUT2D eigenvalue weighted by molar-refractivity contribution is -0.141. The van der Waals surface area contributed by atoms with Gasteiger partial charge in [-0.2, -0.15) is 0 Å². The van der Waals surface area contributed by atoms with Crippen molar-refractivity contribution in [1.29, 1.82) is 0 Å². The van der Waals surface area contributed by atoms with Crippen LogP contribution in [0.15, 0.2) is 22.6 Å². The van der Waals surface area contributed by atoms with Crippen LogP contribution in [0, 0.1) is 6.92 Å². The number of carboxylic acids is 1. The zero-order chi connectivity index (χ0) is 15.0. The van der Waals surface area contributed by atoms with E-state index >= 15 is 0 Å². The van der Waals surface area contributed by atoms with Crippen molar-refractivity contribution < 1.29 is 19.1 Å². The fourth-order valence-electron chi connectivity index (χ4n) is 1.91. The highest BCUT2D eigenvalue weighted by Crippen LogP contribution is 2.31. The molecule has 6 heteroatoms. The summed E-state index contributed by atoms with van der Waals surface area (Å²) in [7, 11) is 1.43. The average molecular weight is 296 g/mol. The molecule has 1 atom stereocenters. The molecular formula is C14H14ClNO4. The Kier molecular flexibility index (Phi) is 3.72. The normalized spacial score (nSPS) is 12.4. The van der Waals surface area contributed by atoms with Gasteiger partial charge in [0, 0.05) is 18.0 Å². The number of rotatable bonds is 3. The van der Waals surface area contributed by atoms with E-state index in [1.807, 2.05) is 0 Å². The van der Waals surface area contributed by atoms with E-state index in [2.05, 4.69) is 0 Å². The number of aliphatic carboxylic acids is 1. The Morgan fingerprint density at radius 2 is 2.05 bits per heavy atom. The summed E-state index contributed by atoms with van der Waals surface area (Å²) in [6.07, 6.45) is 0. The number of carbonyl (C=O) groups excluding carboxylic acids is 1. The minimum atomic E-state index is -1.08. The molecule has 1 heterocycles. The molecule has 0 aliphatic heterocycles. The first kappa shape index (κ1) is 14.4. The highest BCUT2D eigenvalue weighted by molar-refractivity contribution is 6.35. The van der Waals surface area contributed by atoms with Crippen LogP contribution in [0.5, 0.6) is 0 Å². The Morgan fingerprint density at radius 1 is 1.40 bits per heavy atom. The first-order chi connectivity index (χ1) is 9.34. The number of carboxylic acid groups (broad SMARTS) is 1. The Hall–Kier alpha value is -2.01. The highest BCUT2D eigenvalue weighted by atomic mass is 35.5. The van der Waals surface area contributed by atoms with E-state index in [4.69, 9.17) is 21.1 Å². The molecule has 1 N–H and O–H groups in total. The molecule has 0 saturated heterocycles. The van der Waals surface area contributed by atoms with Gasteiger partial charge < -0.3 is 14.4 Å². The topological polar surface area (TPSA) is 70.8 Å². The van der Waals surface area contributed by atoms with Crippen LogP contribution in [0.1, 0.15) is 23.0 Å². The fraction of sp³-hybridized carbons (Fsp3) is 0.286. The van der Waals surface area contributed by atoms with Crippen molar-refractivity contribution in [3.63, 3.8) is 0 Å². The molecule has 1 aromatic carbocycles. The summed E-state index contributed by atoms with van der Waals surface area (Å²) < 4.78 is 5.53. The number of amides is 1. The summed E-state index contributed by atoms with van der Waals surface area (Å²) in [4.78, 5) is 24.4. The van der Waals surface area contributed by atoms with Crippen molar-refractivity contribution in [1.82, 2.24) is 4.90 Å². The molecule has 1 amide bonds. The minimum absolute atomic E-state index is 0.115. The highest BCUT2D eigenvalue weighted by Gasteiger charge is 2.27. The number of likely N-dealkylation sites (N-methyl/N-ethyl adjacent to an activating group) is 1. The van der Waals surface area contributed by atoms with Crippen LogP contribution >= 0.6 is 11.6 Å². The van der Waals surface area contributed by atoms with Gasteiger partial charge in [0.05, 0.1) is 5.02 Å². The van der Waals surface area contributed by atoms with E-state index in [1.54, 1.807) is 25.1 Å². The molecule has 2 rings (SSSR count). The van der Waals surface area contributed by atoms with Crippen LogP contribution in [0.25, 0.3) is 11.0 Å². The van der Waals surface area contributed by atoms with Crippen LogP contribution in [0.2, 0.25) is 5.02 Å². The summed E-state index contributed by atoms with van der Waals surface area (Å²) in [6, 6.07) is 4.30. The Balaban J connectivity index is 2.48. The quantitative estimate of drug-likeness (QED) is 0.945. The number of aryl methyl sites for hydroxylation is 1. The summed E-state index contributed by atoms with van der Waals surface area (Å²) in [5.74, 6) is -1.44. The largest absolute Gasteiger partial charge is 0.480 e. The first-order valence-electron chi connectivity index (χ1n) is 6.02. The summed E-state index contributed by atoms with van der Waals surface area (Å²) in [5.41, 5.74) is 1.09. The van der Waals surface area contributed by atoms with E-state index in [1.165, 1.54) is 14.0 Å². The number of benzene rings is 1. The van der Waals surface area contributed by atoms with Gasteiger partial charge in [-0.05, 0) is 19.9 Å². The number of nitrogens with zero attached hydrogens (tertiary/aromatic N) is 1. The van der Waals surface area contributed by atoms with E-state index in [0.717, 1.165) is 10.3 Å². The first-order valence-corrected chi connectivity index (χ1v) is 6.40. The summed E-state index contributed by atoms with van der Waals surface area (Å²) >= 11 is 6.03. The zero-order valence-corrected chi connectivity index (χ0v) is 12.1. The van der Waals surface area contributed by atoms with Gasteiger partial charge in [0.2, 0.25) is 0 Å². The minimum Gasteiger partial charge on any atom is -0.480 e. The van der Waals surface area contributed by atoms with Crippen molar-refractivity contribution in [2.75, 3.05) is 7.05 Å². The molecule has 0 radical (unpaired) electrons. The number of hydrogen-bond acceptors (Lipinski definition) is 3. The van der Waals surface area contributed by atoms with Gasteiger partial charge in [-0.3, -0.25) is 4.79 Å². The molecule has 5 nitrogen and oxygen atoms in total. The molecule has 0 aliphatic carbocycles. The van der Waals surface area contributed by atoms with Gasteiger partial charge in [0.25, 0.3) is 5.91 Å². The molecule has 1 unspecified atom stereocenters. The second-order valence-corrected chi connectivity index (χ2v) is 5.01. The summed E-state index contributed by atoms with van der Waals surface area (Å²) in [6.45, 7) is 3.18. The Labute approximate surface area is 120 Å². The third-order valence-electron chi connectivity index (χ3n) is 3.37. The lowest BCUT2D eigenvalue weighted by Crippen LogP contribution is -2.40. The molecular weight excluding hydrogens is 282 g/mol. The van der Waals surface area contributed by atoms with Crippen molar-refractivity contribution in [2.45, 2.75) is 19.9 Å². The molecule has 106 valence electrons. The van der Waals surface area contributed by atoms with Gasteiger partial charge in [0.1, 0.15) is 6.04 Å². The maximum absolute atomic E-state index is 12.3. The third kappa shape index (κ3) is 2.25. The maximum Gasteiger partial charge on any atom is 0.326 e. The third-order valence-corrected chi connectivity index (χ3v) is 3.67. The second-order valence-electron chi connectivity index (χ2n) is 4.60. The summed E-state index contributed by atoms with van der Waals surface area (Å²) in [5, 5.41) is 10.1. The van der Waals surface area contributed by atoms with Crippen LogP contribution in [-0.2, 0) is 4.79 Å². The number of furan rings is 1.